The quantitative estimate of drug-likeness (QED) is 0.582. The van der Waals surface area contributed by atoms with Crippen LogP contribution in [-0.2, 0) is 16.0 Å². The average Bonchev–Trinajstić information content (AvgIpc) is 3.04. The lowest BCUT2D eigenvalue weighted by Crippen LogP contribution is -3.15. The Hall–Kier alpha value is -2.27. The van der Waals surface area contributed by atoms with Gasteiger partial charge in [0.25, 0.3) is 0 Å². The van der Waals surface area contributed by atoms with Crippen LogP contribution in [-0.4, -0.2) is 36.3 Å². The molecule has 0 saturated carbocycles. The lowest BCUT2D eigenvalue weighted by Gasteiger charge is -2.43. The van der Waals surface area contributed by atoms with Gasteiger partial charge in [0.15, 0.2) is 0 Å². The van der Waals surface area contributed by atoms with Gasteiger partial charge in [-0.05, 0) is 18.1 Å². The van der Waals surface area contributed by atoms with Gasteiger partial charge in [0, 0.05) is 35.6 Å². The van der Waals surface area contributed by atoms with Crippen LogP contribution in [0.5, 0.6) is 0 Å². The Morgan fingerprint density at radius 3 is 2.96 bits per heavy atom. The molecule has 0 spiro atoms. The van der Waals surface area contributed by atoms with Gasteiger partial charge >= 0.3 is 5.97 Å². The van der Waals surface area contributed by atoms with Crippen LogP contribution in [0.1, 0.15) is 37.1 Å². The van der Waals surface area contributed by atoms with Crippen LogP contribution in [0.4, 0.5) is 0 Å². The number of fused-ring (bicyclic) bond motifs is 5. The first-order chi connectivity index (χ1) is 12.6. The van der Waals surface area contributed by atoms with Crippen molar-refractivity contribution in [3.05, 3.63) is 47.4 Å². The van der Waals surface area contributed by atoms with E-state index in [0.717, 1.165) is 32.4 Å². The number of carboxylic acid groups (broad SMARTS) is 1. The Morgan fingerprint density at radius 2 is 2.23 bits per heavy atom. The number of rotatable bonds is 4. The number of hydrogen-bond donors (Lipinski definition) is 3. The van der Waals surface area contributed by atoms with Crippen LogP contribution in [0, 0.1) is 11.8 Å². The molecule has 26 heavy (non-hydrogen) atoms. The number of carbonyl (C=O) groups is 1. The largest absolute Gasteiger partial charge is 0.504 e. The fourth-order valence-corrected chi connectivity index (χ4v) is 5.14. The predicted molar refractivity (Wildman–Crippen MR) is 100 cm³/mol. The van der Waals surface area contributed by atoms with Crippen LogP contribution in [0.2, 0.25) is 0 Å². The number of aliphatic carboxylic acids is 1. The zero-order chi connectivity index (χ0) is 18.3. The van der Waals surface area contributed by atoms with Crippen molar-refractivity contribution in [3.63, 3.8) is 0 Å². The van der Waals surface area contributed by atoms with Crippen molar-refractivity contribution in [2.45, 2.75) is 32.2 Å². The second kappa shape index (κ2) is 6.80. The SMILES string of the molecule is CC[C@H]1C[NH+]2CCc3c([nH]c4ccccc34)[C@H]2C[C@@H]1/C(=C\OC)C(=O)O. The number of aromatic amines is 1. The number of carboxylic acids is 1. The molecule has 5 nitrogen and oxygen atoms in total. The number of nitrogens with one attached hydrogen (secondary N) is 2. The number of aromatic nitrogens is 1. The summed E-state index contributed by atoms with van der Waals surface area (Å²) in [4.78, 5) is 17.1. The van der Waals surface area contributed by atoms with E-state index in [0.29, 0.717) is 17.5 Å². The Labute approximate surface area is 153 Å². The molecule has 4 rings (SSSR count). The molecule has 2 aliphatic heterocycles. The molecule has 3 N–H and O–H groups in total. The third-order valence-corrected chi connectivity index (χ3v) is 6.38. The fourth-order valence-electron chi connectivity index (χ4n) is 5.14. The summed E-state index contributed by atoms with van der Waals surface area (Å²) in [6, 6.07) is 8.82. The molecule has 0 aliphatic carbocycles. The molecule has 4 atom stereocenters. The zero-order valence-corrected chi connectivity index (χ0v) is 15.4. The highest BCUT2D eigenvalue weighted by atomic mass is 16.5. The lowest BCUT2D eigenvalue weighted by atomic mass is 9.74. The molecule has 1 aromatic carbocycles. The molecule has 2 aromatic rings. The molecule has 1 aromatic heterocycles. The predicted octanol–water partition coefficient (Wildman–Crippen LogP) is 2.31. The molecule has 1 unspecified atom stereocenters. The second-order valence-corrected chi connectivity index (χ2v) is 7.60. The number of benzene rings is 1. The minimum atomic E-state index is -0.855. The minimum Gasteiger partial charge on any atom is -0.504 e. The molecule has 5 heteroatoms. The summed E-state index contributed by atoms with van der Waals surface area (Å²) >= 11 is 0. The smallest absolute Gasteiger partial charge is 0.334 e. The van der Waals surface area contributed by atoms with Gasteiger partial charge in [-0.2, -0.15) is 0 Å². The van der Waals surface area contributed by atoms with Crippen molar-refractivity contribution in [2.24, 2.45) is 11.8 Å². The number of piperidine rings is 1. The molecule has 138 valence electrons. The van der Waals surface area contributed by atoms with E-state index in [1.807, 2.05) is 0 Å². The molecular formula is C21H27N2O3+. The van der Waals surface area contributed by atoms with E-state index in [4.69, 9.17) is 4.74 Å². The van der Waals surface area contributed by atoms with E-state index in [-0.39, 0.29) is 5.92 Å². The Balaban J connectivity index is 1.74. The third-order valence-electron chi connectivity index (χ3n) is 6.38. The fraction of sp³-hybridized carbons (Fsp3) is 0.476. The van der Waals surface area contributed by atoms with Gasteiger partial charge in [0.2, 0.25) is 0 Å². The van der Waals surface area contributed by atoms with Gasteiger partial charge in [0.05, 0.1) is 37.7 Å². The zero-order valence-electron chi connectivity index (χ0n) is 15.4. The molecule has 1 saturated heterocycles. The molecule has 0 radical (unpaired) electrons. The Bertz CT molecular complexity index is 854. The number of hydrogen-bond acceptors (Lipinski definition) is 2. The van der Waals surface area contributed by atoms with Crippen molar-refractivity contribution in [1.29, 1.82) is 0 Å². The lowest BCUT2D eigenvalue weighted by molar-refractivity contribution is -0.944. The first-order valence-corrected chi connectivity index (χ1v) is 9.54. The number of ether oxygens (including phenoxy) is 1. The highest BCUT2D eigenvalue weighted by Crippen LogP contribution is 2.38. The summed E-state index contributed by atoms with van der Waals surface area (Å²) in [7, 11) is 1.53. The van der Waals surface area contributed by atoms with Gasteiger partial charge in [-0.15, -0.1) is 0 Å². The van der Waals surface area contributed by atoms with Crippen molar-refractivity contribution in [1.82, 2.24) is 4.98 Å². The Morgan fingerprint density at radius 1 is 1.42 bits per heavy atom. The van der Waals surface area contributed by atoms with Crippen LogP contribution >= 0.6 is 0 Å². The van der Waals surface area contributed by atoms with Crippen molar-refractivity contribution in [3.8, 4) is 0 Å². The van der Waals surface area contributed by atoms with Crippen LogP contribution in [0.15, 0.2) is 36.1 Å². The van der Waals surface area contributed by atoms with Gasteiger partial charge in [-0.1, -0.05) is 25.1 Å². The number of para-hydroxylation sites is 1. The van der Waals surface area contributed by atoms with E-state index >= 15 is 0 Å². The maximum Gasteiger partial charge on any atom is 0.334 e. The summed E-state index contributed by atoms with van der Waals surface area (Å²) in [5.74, 6) is -0.445. The maximum absolute atomic E-state index is 11.8. The second-order valence-electron chi connectivity index (χ2n) is 7.60. The summed E-state index contributed by atoms with van der Waals surface area (Å²) < 4.78 is 5.11. The highest BCUT2D eigenvalue weighted by Gasteiger charge is 2.45. The molecule has 1 fully saturated rings. The average molecular weight is 355 g/mol. The highest BCUT2D eigenvalue weighted by molar-refractivity contribution is 5.87. The van der Waals surface area contributed by atoms with E-state index in [9.17, 15) is 9.90 Å². The molecular weight excluding hydrogens is 328 g/mol. The minimum absolute atomic E-state index is 0.0311. The monoisotopic (exact) mass is 355 g/mol. The summed E-state index contributed by atoms with van der Waals surface area (Å²) in [6.45, 7) is 4.32. The first-order valence-electron chi connectivity index (χ1n) is 9.54. The molecule has 2 aliphatic rings. The topological polar surface area (TPSA) is 66.8 Å². The number of quaternary nitrogens is 1. The van der Waals surface area contributed by atoms with Crippen molar-refractivity contribution < 1.29 is 19.5 Å². The summed E-state index contributed by atoms with van der Waals surface area (Å²) in [5, 5.41) is 11.0. The van der Waals surface area contributed by atoms with Crippen LogP contribution in [0.3, 0.4) is 0 Å². The number of methoxy groups -OCH3 is 1. The van der Waals surface area contributed by atoms with Gasteiger partial charge in [-0.3, -0.25) is 0 Å². The normalized spacial score (nSPS) is 28.5. The van der Waals surface area contributed by atoms with Gasteiger partial charge in [-0.25, -0.2) is 4.79 Å². The van der Waals surface area contributed by atoms with Crippen LogP contribution in [0.25, 0.3) is 10.9 Å². The number of H-pyrrole nitrogens is 1. The van der Waals surface area contributed by atoms with E-state index < -0.39 is 5.97 Å². The molecule has 0 bridgehead atoms. The van der Waals surface area contributed by atoms with E-state index in [1.165, 1.54) is 35.5 Å². The molecule has 3 heterocycles. The molecule has 0 amide bonds. The van der Waals surface area contributed by atoms with E-state index in [2.05, 4.69) is 36.2 Å². The van der Waals surface area contributed by atoms with Gasteiger partial charge < -0.3 is 19.7 Å². The Kier molecular flexibility index (Phi) is 4.49. The van der Waals surface area contributed by atoms with Gasteiger partial charge in [0.1, 0.15) is 6.04 Å². The maximum atomic E-state index is 11.8. The van der Waals surface area contributed by atoms with Crippen molar-refractivity contribution >= 4 is 16.9 Å². The van der Waals surface area contributed by atoms with E-state index in [1.54, 1.807) is 4.90 Å². The summed E-state index contributed by atoms with van der Waals surface area (Å²) in [5.41, 5.74) is 4.35. The van der Waals surface area contributed by atoms with Crippen molar-refractivity contribution in [2.75, 3.05) is 20.2 Å². The standard InChI is InChI=1S/C21H26N2O3/c1-3-13-11-23-9-8-15-14-6-4-5-7-18(14)22-20(15)19(23)10-16(13)17(12-26-2)21(24)25/h4-7,12-13,16,19,22H,3,8-11H2,1-2H3,(H,24,25)/p+1/b17-12+/t13-,16-,19+/m0/s1. The van der Waals surface area contributed by atoms with Crippen LogP contribution < -0.4 is 4.90 Å². The third kappa shape index (κ3) is 2.71. The summed E-state index contributed by atoms with van der Waals surface area (Å²) in [6.07, 6.45) is 4.38. The first kappa shape index (κ1) is 17.2.